The molecule has 522 valence electrons. The molecule has 0 aliphatic heterocycles. The Balaban J connectivity index is 0.00000113. The molecule has 4 rings (SSSR count). The summed E-state index contributed by atoms with van der Waals surface area (Å²) in [6, 6.07) is 0. The zero-order chi connectivity index (χ0) is 69.2. The van der Waals surface area contributed by atoms with E-state index < -0.39 is 0 Å². The van der Waals surface area contributed by atoms with Gasteiger partial charge in [-0.05, 0) is 151 Å². The van der Waals surface area contributed by atoms with Crippen molar-refractivity contribution in [3.63, 3.8) is 0 Å². The molecule has 0 saturated heterocycles. The van der Waals surface area contributed by atoms with Gasteiger partial charge in [0.15, 0.2) is 0 Å². The van der Waals surface area contributed by atoms with Gasteiger partial charge in [-0.3, -0.25) is 28.3 Å². The summed E-state index contributed by atoms with van der Waals surface area (Å²) >= 11 is 0. The van der Waals surface area contributed by atoms with Crippen LogP contribution in [0.5, 0.6) is 0 Å². The summed E-state index contributed by atoms with van der Waals surface area (Å²) in [4.78, 5) is 22.8. The first-order chi connectivity index (χ1) is 43.4. The second-order valence-corrected chi connectivity index (χ2v) is 30.1. The molecule has 1 amide bonds. The van der Waals surface area contributed by atoms with Crippen molar-refractivity contribution in [1.29, 1.82) is 0 Å². The van der Waals surface area contributed by atoms with Gasteiger partial charge in [-0.1, -0.05) is 198 Å². The van der Waals surface area contributed by atoms with E-state index in [9.17, 15) is 9.59 Å². The van der Waals surface area contributed by atoms with E-state index in [-0.39, 0.29) is 27.6 Å². The van der Waals surface area contributed by atoms with Gasteiger partial charge in [-0.15, -0.1) is 38.2 Å². The number of rotatable bonds is 37. The minimum atomic E-state index is -0.173. The molecular weight excluding hydrogens is 1140 g/mol. The van der Waals surface area contributed by atoms with Crippen LogP contribution < -0.4 is 5.32 Å². The average molecular weight is 1280 g/mol. The van der Waals surface area contributed by atoms with Crippen LogP contribution in [0.4, 0.5) is 0 Å². The fourth-order valence-electron chi connectivity index (χ4n) is 8.95. The quantitative estimate of drug-likeness (QED) is 0.0339. The summed E-state index contributed by atoms with van der Waals surface area (Å²) < 4.78 is 7.82. The normalized spacial score (nSPS) is 11.3. The van der Waals surface area contributed by atoms with Crippen LogP contribution in [0.25, 0.3) is 0 Å². The molecule has 0 unspecified atom stereocenters. The van der Waals surface area contributed by atoms with E-state index in [2.05, 4.69) is 205 Å². The molecule has 0 fully saturated rings. The maximum Gasteiger partial charge on any atom is 0.219 e. The molecule has 0 aliphatic carbocycles. The number of carbonyl (C=O) groups is 2. The van der Waals surface area contributed by atoms with Crippen molar-refractivity contribution in [2.75, 3.05) is 6.54 Å². The highest BCUT2D eigenvalue weighted by Crippen LogP contribution is 2.21. The van der Waals surface area contributed by atoms with Crippen molar-refractivity contribution in [3.05, 3.63) is 47.6 Å². The maximum absolute atomic E-state index is 11.7. The van der Waals surface area contributed by atoms with Gasteiger partial charge >= 0.3 is 0 Å². The first-order valence-electron chi connectivity index (χ1n) is 36.3. The molecule has 0 aromatic carbocycles. The summed E-state index contributed by atoms with van der Waals surface area (Å²) in [6.07, 6.45) is 43.2. The number of hydrogen-bond donors (Lipinski definition) is 1. The number of amides is 1. The highest BCUT2D eigenvalue weighted by molar-refractivity contribution is 5.83. The summed E-state index contributed by atoms with van der Waals surface area (Å²) in [5.74, 6) is 20.1. The van der Waals surface area contributed by atoms with E-state index in [0.717, 1.165) is 139 Å². The number of nitrogens with one attached hydrogen (secondary N) is 1. The van der Waals surface area contributed by atoms with Crippen molar-refractivity contribution in [2.45, 2.75) is 364 Å². The van der Waals surface area contributed by atoms with E-state index in [0.29, 0.717) is 17.6 Å². The number of Topliss-reactive ketones (excluding diaryl/α,β-unsaturated/α-hetero) is 1. The van der Waals surface area contributed by atoms with E-state index >= 15 is 0 Å². The lowest BCUT2D eigenvalue weighted by molar-refractivity contribution is -0.126. The highest BCUT2D eigenvalue weighted by Gasteiger charge is 2.20. The van der Waals surface area contributed by atoms with Gasteiger partial charge in [0.25, 0.3) is 0 Å². The number of aryl methyl sites for hydroxylation is 7. The molecule has 0 saturated carbocycles. The molecule has 4 heterocycles. The van der Waals surface area contributed by atoms with Crippen LogP contribution in [-0.4, -0.2) is 78.2 Å². The zero-order valence-corrected chi connectivity index (χ0v) is 62.9. The first-order valence-corrected chi connectivity index (χ1v) is 36.3. The molecule has 0 atom stereocenters. The third kappa shape index (κ3) is 54.9. The number of nitrogens with zero attached hydrogens (tertiary/aromatic N) is 12. The molecule has 0 aliphatic rings. The SMILES string of the molecule is CCC(=O)NCCCCCCCCCCC(=O)C(C)(C)C.CCCCCCCn1cc(CC(C)(C)C)nn1.CCc1cn(CCCCC#CC(C)(C)C)nn1.CCc1cn(CCCCCC#CC(C)(C)C)nn1.CCc1cn(CCCCCCC#CC(C)(C)C)nn1. The van der Waals surface area contributed by atoms with Gasteiger partial charge in [-0.25, -0.2) is 0 Å². The van der Waals surface area contributed by atoms with Crippen LogP contribution in [0.1, 0.15) is 335 Å². The number of ketones is 1. The monoisotopic (exact) mass is 1280 g/mol. The lowest BCUT2D eigenvalue weighted by atomic mass is 9.88. The average Bonchev–Trinajstić information content (AvgIpc) is 3.89. The topological polar surface area (TPSA) is 169 Å². The lowest BCUT2D eigenvalue weighted by Crippen LogP contribution is -2.23. The third-order valence-corrected chi connectivity index (χ3v) is 14.4. The maximum atomic E-state index is 11.7. The minimum Gasteiger partial charge on any atom is -0.356 e. The molecular formula is C77H137N13O2. The van der Waals surface area contributed by atoms with Crippen LogP contribution in [0.15, 0.2) is 24.8 Å². The predicted molar refractivity (Wildman–Crippen MR) is 387 cm³/mol. The Morgan fingerprint density at radius 3 is 1.03 bits per heavy atom. The highest BCUT2D eigenvalue weighted by atomic mass is 16.1. The van der Waals surface area contributed by atoms with E-state index in [4.69, 9.17) is 0 Å². The Bertz CT molecular complexity index is 2650. The van der Waals surface area contributed by atoms with E-state index in [1.165, 1.54) is 109 Å². The van der Waals surface area contributed by atoms with Gasteiger partial charge in [0.05, 0.1) is 22.8 Å². The van der Waals surface area contributed by atoms with Crippen LogP contribution in [0, 0.1) is 62.6 Å². The second-order valence-electron chi connectivity index (χ2n) is 30.1. The second kappa shape index (κ2) is 50.8. The summed E-state index contributed by atoms with van der Waals surface area (Å²) in [5, 5.41) is 35.8. The summed E-state index contributed by atoms with van der Waals surface area (Å²) in [5.41, 5.74) is 4.87. The van der Waals surface area contributed by atoms with Crippen LogP contribution in [-0.2, 0) is 61.5 Å². The fraction of sp³-hybridized carbons (Fsp3) is 0.792. The summed E-state index contributed by atoms with van der Waals surface area (Å²) in [6.45, 7) is 47.2. The van der Waals surface area contributed by atoms with E-state index in [1.807, 2.05) is 58.8 Å². The lowest BCUT2D eigenvalue weighted by Gasteiger charge is -2.16. The Hall–Kier alpha value is -5.62. The van der Waals surface area contributed by atoms with Gasteiger partial charge in [0.2, 0.25) is 5.91 Å². The van der Waals surface area contributed by atoms with Gasteiger partial charge in [0.1, 0.15) is 5.78 Å². The Labute approximate surface area is 564 Å². The molecule has 4 aromatic rings. The van der Waals surface area contributed by atoms with Gasteiger partial charge in [0, 0.05) is 111 Å². The molecule has 92 heavy (non-hydrogen) atoms. The van der Waals surface area contributed by atoms with Crippen molar-refractivity contribution >= 4 is 11.7 Å². The Kier molecular flexibility index (Phi) is 47.7. The van der Waals surface area contributed by atoms with Crippen LogP contribution >= 0.6 is 0 Å². The molecule has 4 aromatic heterocycles. The zero-order valence-electron chi connectivity index (χ0n) is 62.9. The van der Waals surface area contributed by atoms with Gasteiger partial charge < -0.3 is 5.32 Å². The fourth-order valence-corrected chi connectivity index (χ4v) is 8.95. The first kappa shape index (κ1) is 86.4. The Morgan fingerprint density at radius 1 is 0.391 bits per heavy atom. The van der Waals surface area contributed by atoms with Gasteiger partial charge in [-0.2, -0.15) is 0 Å². The smallest absolute Gasteiger partial charge is 0.219 e. The predicted octanol–water partition coefficient (Wildman–Crippen LogP) is 18.8. The standard InChI is InChI=1S/C18H35NO2.C16H27N3.C15H25N3.C14H23N3.C14H27N3/c1-5-17(21)19-15-13-11-9-7-6-8-10-12-14-16(20)18(2,3)4;1-5-15-14-19(18-17-15)13-11-9-7-6-8-10-12-16(2,3)4;1-5-14-13-18(17-16-14)12-10-8-6-7-9-11-15(2,3)4;1-5-13-12-17(16-15-13)11-9-7-6-8-10-14(2,3)4;1-5-6-7-8-9-10-17-12-13(15-16-17)11-14(2,3)4/h5-15H2,1-4H3,(H,19,21);14H,5-9,11,13H2,1-4H3;13H,5-8,10,12H2,1-4H3;12H,5-7,9,11H2,1-4H3;12H,5-11H2,1-4H3. The van der Waals surface area contributed by atoms with E-state index in [1.54, 1.807) is 0 Å². The van der Waals surface area contributed by atoms with Crippen molar-refractivity contribution in [1.82, 2.24) is 65.3 Å². The largest absolute Gasteiger partial charge is 0.356 e. The number of aromatic nitrogens is 12. The van der Waals surface area contributed by atoms with Crippen molar-refractivity contribution < 1.29 is 9.59 Å². The molecule has 0 spiro atoms. The molecule has 0 bridgehead atoms. The molecule has 15 nitrogen and oxygen atoms in total. The number of carbonyl (C=O) groups excluding carboxylic acids is 2. The Morgan fingerprint density at radius 2 is 0.696 bits per heavy atom. The molecule has 1 N–H and O–H groups in total. The van der Waals surface area contributed by atoms with Crippen LogP contribution in [0.3, 0.4) is 0 Å². The van der Waals surface area contributed by atoms with Crippen molar-refractivity contribution in [3.8, 4) is 35.5 Å². The van der Waals surface area contributed by atoms with Crippen LogP contribution in [0.2, 0.25) is 0 Å². The summed E-state index contributed by atoms with van der Waals surface area (Å²) in [7, 11) is 0. The third-order valence-electron chi connectivity index (χ3n) is 14.4. The molecule has 0 radical (unpaired) electrons. The number of hydrogen-bond acceptors (Lipinski definition) is 10. The minimum absolute atomic E-state index is 0.127. The van der Waals surface area contributed by atoms with Crippen molar-refractivity contribution in [2.24, 2.45) is 27.1 Å². The molecule has 15 heteroatoms. The number of unbranched alkanes of at least 4 members (excludes halogenated alkanes) is 20.